The highest BCUT2D eigenvalue weighted by Crippen LogP contribution is 2.21. The summed E-state index contributed by atoms with van der Waals surface area (Å²) in [6.45, 7) is 0. The van der Waals surface area contributed by atoms with Crippen LogP contribution in [0.4, 0.5) is 0 Å². The fourth-order valence-corrected chi connectivity index (χ4v) is 5.06. The molecule has 0 fully saturated rings. The van der Waals surface area contributed by atoms with Crippen molar-refractivity contribution in [3.63, 3.8) is 0 Å². The molecule has 3 amide bonds. The third-order valence-electron chi connectivity index (χ3n) is 7.26. The number of carbonyl (C=O) groups is 5. The molecule has 4 atom stereocenters. The smallest absolute Gasteiger partial charge is 0.326 e. The molecule has 4 unspecified atom stereocenters. The second kappa shape index (κ2) is 14.6. The summed E-state index contributed by atoms with van der Waals surface area (Å²) in [6.07, 6.45) is 2.60. The molecule has 0 aliphatic rings. The summed E-state index contributed by atoms with van der Waals surface area (Å²) >= 11 is 4.07. The van der Waals surface area contributed by atoms with E-state index < -0.39 is 60.2 Å². The molecule has 0 bridgehead atoms. The minimum Gasteiger partial charge on any atom is -0.481 e. The van der Waals surface area contributed by atoms with Crippen molar-refractivity contribution >= 4 is 64.1 Å². The van der Waals surface area contributed by atoms with E-state index in [0.29, 0.717) is 5.56 Å². The maximum atomic E-state index is 13.8. The molecule has 13 nitrogen and oxygen atoms in total. The number of H-pyrrole nitrogens is 2. The van der Waals surface area contributed by atoms with Crippen LogP contribution in [0.25, 0.3) is 21.8 Å². The van der Waals surface area contributed by atoms with E-state index in [1.54, 1.807) is 12.4 Å². The molecule has 0 saturated heterocycles. The lowest BCUT2D eigenvalue weighted by Crippen LogP contribution is -2.58. The highest BCUT2D eigenvalue weighted by atomic mass is 32.1. The van der Waals surface area contributed by atoms with Crippen LogP contribution in [0.2, 0.25) is 0 Å². The topological polar surface area (TPSA) is 219 Å². The second-order valence-electron chi connectivity index (χ2n) is 10.4. The molecule has 2 aromatic heterocycles. The van der Waals surface area contributed by atoms with E-state index in [4.69, 9.17) is 10.8 Å². The number of carboxylic acids is 2. The van der Waals surface area contributed by atoms with Crippen molar-refractivity contribution in [1.29, 1.82) is 0 Å². The molecule has 2 heterocycles. The molecule has 0 aliphatic carbocycles. The SMILES string of the molecule is NC(CS)C(=O)NC(Cc1c[nH]c2ccccc12)C(=O)NC(Cc1c[nH]c2ccccc12)C(=O)NC(CCC(=O)O)C(=O)O. The van der Waals surface area contributed by atoms with Gasteiger partial charge in [0.1, 0.15) is 18.1 Å². The van der Waals surface area contributed by atoms with Gasteiger partial charge in [0.05, 0.1) is 6.04 Å². The van der Waals surface area contributed by atoms with Crippen molar-refractivity contribution in [2.75, 3.05) is 5.75 Å². The van der Waals surface area contributed by atoms with E-state index in [1.807, 2.05) is 48.5 Å². The molecule has 9 N–H and O–H groups in total. The first-order chi connectivity index (χ1) is 21.1. The molecule has 0 spiro atoms. The van der Waals surface area contributed by atoms with Crippen molar-refractivity contribution < 1.29 is 34.2 Å². The average molecular weight is 623 g/mol. The molecule has 0 radical (unpaired) electrons. The van der Waals surface area contributed by atoms with Crippen LogP contribution in [-0.4, -0.2) is 79.8 Å². The Kier molecular flexibility index (Phi) is 10.6. The zero-order valence-electron chi connectivity index (χ0n) is 23.6. The number of amides is 3. The Morgan fingerprint density at radius 1 is 0.727 bits per heavy atom. The monoisotopic (exact) mass is 622 g/mol. The Morgan fingerprint density at radius 2 is 1.18 bits per heavy atom. The summed E-state index contributed by atoms with van der Waals surface area (Å²) in [6, 6.07) is 9.83. The van der Waals surface area contributed by atoms with Gasteiger partial charge in [0.15, 0.2) is 0 Å². The highest BCUT2D eigenvalue weighted by molar-refractivity contribution is 7.80. The Morgan fingerprint density at radius 3 is 1.64 bits per heavy atom. The Bertz CT molecular complexity index is 1670. The van der Waals surface area contributed by atoms with E-state index >= 15 is 0 Å². The van der Waals surface area contributed by atoms with Crippen molar-refractivity contribution in [3.8, 4) is 0 Å². The first-order valence-corrected chi connectivity index (χ1v) is 14.5. The molecule has 4 aromatic rings. The van der Waals surface area contributed by atoms with E-state index in [2.05, 4.69) is 38.5 Å². The number of carboxylic acid groups (broad SMARTS) is 2. The predicted octanol–water partition coefficient (Wildman–Crippen LogP) is 1.10. The third kappa shape index (κ3) is 7.96. The number of benzene rings is 2. The van der Waals surface area contributed by atoms with Gasteiger partial charge in [-0.1, -0.05) is 36.4 Å². The standard InChI is InChI=1S/C30H34N6O7S/c31-20(15-44)27(39)35-24(11-16-13-32-21-7-3-1-5-18(16)21)29(41)36-25(12-17-14-33-22-8-4-2-6-19(17)22)28(40)34-23(30(42)43)9-10-26(37)38/h1-8,13-14,20,23-25,32-33,44H,9-12,15,31H2,(H,34,40)(H,35,39)(H,36,41)(H,37,38)(H,42,43). The Balaban J connectivity index is 1.63. The summed E-state index contributed by atoms with van der Waals surface area (Å²) in [5.74, 6) is -4.74. The lowest BCUT2D eigenvalue weighted by atomic mass is 10.0. The number of para-hydroxylation sites is 2. The van der Waals surface area contributed by atoms with Crippen LogP contribution in [0, 0.1) is 0 Å². The van der Waals surface area contributed by atoms with Crippen molar-refractivity contribution in [2.45, 2.75) is 49.9 Å². The van der Waals surface area contributed by atoms with Crippen LogP contribution in [0.5, 0.6) is 0 Å². The van der Waals surface area contributed by atoms with Gasteiger partial charge in [-0.15, -0.1) is 0 Å². The van der Waals surface area contributed by atoms with Gasteiger partial charge in [0.2, 0.25) is 17.7 Å². The lowest BCUT2D eigenvalue weighted by molar-refractivity contribution is -0.143. The highest BCUT2D eigenvalue weighted by Gasteiger charge is 2.31. The number of carbonyl (C=O) groups excluding carboxylic acids is 3. The van der Waals surface area contributed by atoms with E-state index in [9.17, 15) is 29.1 Å². The van der Waals surface area contributed by atoms with Gasteiger partial charge >= 0.3 is 11.9 Å². The number of aliphatic carboxylic acids is 2. The zero-order valence-corrected chi connectivity index (χ0v) is 24.5. The Hall–Kier alpha value is -4.82. The number of nitrogens with one attached hydrogen (secondary N) is 5. The number of hydrogen-bond donors (Lipinski definition) is 9. The summed E-state index contributed by atoms with van der Waals surface area (Å²) in [7, 11) is 0. The number of aromatic amines is 2. The van der Waals surface area contributed by atoms with Crippen molar-refractivity contribution in [1.82, 2.24) is 25.9 Å². The van der Waals surface area contributed by atoms with Crippen molar-refractivity contribution in [2.24, 2.45) is 5.73 Å². The van der Waals surface area contributed by atoms with Gasteiger partial charge in [0, 0.05) is 59.2 Å². The molecule has 0 saturated carbocycles. The summed E-state index contributed by atoms with van der Waals surface area (Å²) in [5, 5.41) is 28.0. The first kappa shape index (κ1) is 32.1. The molecule has 44 heavy (non-hydrogen) atoms. The van der Waals surface area contributed by atoms with Crippen LogP contribution in [0.15, 0.2) is 60.9 Å². The van der Waals surface area contributed by atoms with E-state index in [0.717, 1.165) is 27.4 Å². The third-order valence-corrected chi connectivity index (χ3v) is 7.65. The fraction of sp³-hybridized carbons (Fsp3) is 0.300. The van der Waals surface area contributed by atoms with E-state index in [-0.39, 0.29) is 25.0 Å². The largest absolute Gasteiger partial charge is 0.481 e. The van der Waals surface area contributed by atoms with Gasteiger partial charge in [0.25, 0.3) is 0 Å². The summed E-state index contributed by atoms with van der Waals surface area (Å²) < 4.78 is 0. The normalized spacial score (nSPS) is 14.0. The molecule has 232 valence electrons. The summed E-state index contributed by atoms with van der Waals surface area (Å²) in [5.41, 5.74) is 8.90. The summed E-state index contributed by atoms with van der Waals surface area (Å²) in [4.78, 5) is 69.2. The van der Waals surface area contributed by atoms with E-state index in [1.165, 1.54) is 0 Å². The van der Waals surface area contributed by atoms with Crippen LogP contribution >= 0.6 is 12.6 Å². The van der Waals surface area contributed by atoms with Crippen LogP contribution in [0.1, 0.15) is 24.0 Å². The number of hydrogen-bond acceptors (Lipinski definition) is 7. The molecule has 2 aromatic carbocycles. The van der Waals surface area contributed by atoms with Crippen LogP contribution in [0.3, 0.4) is 0 Å². The van der Waals surface area contributed by atoms with Gasteiger partial charge in [-0.05, 0) is 29.7 Å². The maximum Gasteiger partial charge on any atom is 0.326 e. The first-order valence-electron chi connectivity index (χ1n) is 13.9. The quantitative estimate of drug-likeness (QED) is 0.0872. The second-order valence-corrected chi connectivity index (χ2v) is 10.7. The minimum atomic E-state index is -1.50. The van der Waals surface area contributed by atoms with Gasteiger partial charge in [-0.25, -0.2) is 4.79 Å². The van der Waals surface area contributed by atoms with Crippen LogP contribution < -0.4 is 21.7 Å². The number of fused-ring (bicyclic) bond motifs is 2. The molecule has 14 heteroatoms. The van der Waals surface area contributed by atoms with Crippen molar-refractivity contribution in [3.05, 3.63) is 72.1 Å². The maximum absolute atomic E-state index is 13.8. The Labute approximate surface area is 257 Å². The van der Waals surface area contributed by atoms with Gasteiger partial charge in [-0.2, -0.15) is 12.6 Å². The minimum absolute atomic E-state index is 0.0310. The molecular formula is C30H34N6O7S. The van der Waals surface area contributed by atoms with Crippen LogP contribution in [-0.2, 0) is 36.8 Å². The van der Waals surface area contributed by atoms with Gasteiger partial charge < -0.3 is 41.9 Å². The average Bonchev–Trinajstić information content (AvgIpc) is 3.61. The molecule has 0 aliphatic heterocycles. The number of rotatable bonds is 15. The molecular weight excluding hydrogens is 588 g/mol. The number of nitrogens with two attached hydrogens (primary N) is 1. The predicted molar refractivity (Wildman–Crippen MR) is 166 cm³/mol. The lowest BCUT2D eigenvalue weighted by Gasteiger charge is -2.25. The zero-order chi connectivity index (χ0) is 31.8. The fourth-order valence-electron chi connectivity index (χ4n) is 4.89. The molecule has 4 rings (SSSR count). The van der Waals surface area contributed by atoms with Gasteiger partial charge in [-0.3, -0.25) is 19.2 Å². The number of thiol groups is 1. The number of aromatic nitrogens is 2.